The molecule has 0 fully saturated rings. The van der Waals surface area contributed by atoms with Gasteiger partial charge < -0.3 is 15.4 Å². The number of para-hydroxylation sites is 1. The molecule has 2 N–H and O–H groups in total. The van der Waals surface area contributed by atoms with Crippen LogP contribution in [-0.4, -0.2) is 37.8 Å². The number of amides is 2. The molecule has 2 amide bonds. The lowest BCUT2D eigenvalue weighted by Gasteiger charge is -2.26. The molecule has 1 aliphatic heterocycles. The average Bonchev–Trinajstić information content (AvgIpc) is 2.59. The summed E-state index contributed by atoms with van der Waals surface area (Å²) in [6.45, 7) is -0.0741. The zero-order valence-electron chi connectivity index (χ0n) is 13.1. The zero-order chi connectivity index (χ0) is 17.9. The largest absolute Gasteiger partial charge is 0.486 e. The molecule has 1 aromatic carbocycles. The fraction of sp³-hybridized carbons (Fsp3) is 0.250. The molecule has 1 atom stereocenters. The molecular weight excluding hydrogens is 349 g/mol. The Morgan fingerprint density at radius 2 is 2.04 bits per heavy atom. The third kappa shape index (κ3) is 4.05. The van der Waals surface area contributed by atoms with Gasteiger partial charge in [-0.15, -0.1) is 0 Å². The molecule has 132 valence electrons. The van der Waals surface area contributed by atoms with Crippen LogP contribution in [0.2, 0.25) is 0 Å². The maximum Gasteiger partial charge on any atom is 0.315 e. The quantitative estimate of drug-likeness (QED) is 0.850. The highest BCUT2D eigenvalue weighted by atomic mass is 32.2. The van der Waals surface area contributed by atoms with Crippen molar-refractivity contribution in [3.8, 4) is 5.75 Å². The number of carbonyl (C=O) groups is 1. The number of nitrogens with one attached hydrogen (secondary N) is 2. The van der Waals surface area contributed by atoms with Crippen LogP contribution in [0.3, 0.4) is 0 Å². The highest BCUT2D eigenvalue weighted by molar-refractivity contribution is 7.91. The van der Waals surface area contributed by atoms with Crippen LogP contribution >= 0.6 is 0 Å². The van der Waals surface area contributed by atoms with Gasteiger partial charge in [0.2, 0.25) is 0 Å². The smallest absolute Gasteiger partial charge is 0.315 e. The second kappa shape index (κ2) is 7.06. The Bertz CT molecular complexity index is 888. The number of benzene rings is 1. The standard InChI is InChI=1S/C16H16FN3O4S/c17-12-4-3-7-18-13(12)9-20-16(21)19-8-11-10-25(22,23)15-6-2-1-5-14(15)24-11/h1-7,11H,8-10H2,(H2,19,20,21). The molecule has 0 spiro atoms. The number of fused-ring (bicyclic) bond motifs is 1. The van der Waals surface area contributed by atoms with Crippen molar-refractivity contribution in [2.75, 3.05) is 12.3 Å². The average molecular weight is 365 g/mol. The molecule has 0 saturated carbocycles. The number of carbonyl (C=O) groups excluding carboxylic acids is 1. The van der Waals surface area contributed by atoms with Crippen molar-refractivity contribution >= 4 is 15.9 Å². The molecule has 7 nitrogen and oxygen atoms in total. The summed E-state index contributed by atoms with van der Waals surface area (Å²) in [4.78, 5) is 15.8. The maximum absolute atomic E-state index is 13.4. The van der Waals surface area contributed by atoms with Crippen LogP contribution < -0.4 is 15.4 Å². The summed E-state index contributed by atoms with van der Waals surface area (Å²) in [6.07, 6.45) is 0.730. The molecule has 25 heavy (non-hydrogen) atoms. The van der Waals surface area contributed by atoms with Crippen molar-refractivity contribution in [1.82, 2.24) is 15.6 Å². The van der Waals surface area contributed by atoms with Gasteiger partial charge in [-0.05, 0) is 24.3 Å². The number of halogens is 1. The van der Waals surface area contributed by atoms with E-state index in [9.17, 15) is 17.6 Å². The van der Waals surface area contributed by atoms with E-state index in [0.717, 1.165) is 0 Å². The van der Waals surface area contributed by atoms with Gasteiger partial charge in [0, 0.05) is 6.20 Å². The Kier molecular flexibility index (Phi) is 4.84. The molecule has 0 bridgehead atoms. The van der Waals surface area contributed by atoms with Crippen molar-refractivity contribution in [3.63, 3.8) is 0 Å². The first-order valence-electron chi connectivity index (χ1n) is 7.55. The van der Waals surface area contributed by atoms with Crippen molar-refractivity contribution in [2.45, 2.75) is 17.5 Å². The number of nitrogens with zero attached hydrogens (tertiary/aromatic N) is 1. The number of pyridine rings is 1. The summed E-state index contributed by atoms with van der Waals surface area (Å²) in [7, 11) is -3.46. The van der Waals surface area contributed by atoms with Gasteiger partial charge in [0.05, 0.1) is 24.5 Å². The Hall–Kier alpha value is -2.68. The minimum absolute atomic E-state index is 0.00407. The lowest BCUT2D eigenvalue weighted by molar-refractivity contribution is 0.200. The van der Waals surface area contributed by atoms with E-state index in [1.165, 1.54) is 24.4 Å². The fourth-order valence-corrected chi connectivity index (χ4v) is 4.00. The van der Waals surface area contributed by atoms with E-state index in [-0.39, 0.29) is 35.2 Å². The van der Waals surface area contributed by atoms with E-state index in [1.54, 1.807) is 18.2 Å². The third-order valence-corrected chi connectivity index (χ3v) is 5.44. The monoisotopic (exact) mass is 365 g/mol. The lowest BCUT2D eigenvalue weighted by Crippen LogP contribution is -2.45. The highest BCUT2D eigenvalue weighted by Crippen LogP contribution is 2.30. The molecule has 0 radical (unpaired) electrons. The van der Waals surface area contributed by atoms with Crippen molar-refractivity contribution < 1.29 is 22.3 Å². The summed E-state index contributed by atoms with van der Waals surface area (Å²) >= 11 is 0. The molecule has 2 aromatic rings. The van der Waals surface area contributed by atoms with Crippen LogP contribution in [0.5, 0.6) is 5.75 Å². The van der Waals surface area contributed by atoms with Crippen LogP contribution in [0.25, 0.3) is 0 Å². The predicted molar refractivity (Wildman–Crippen MR) is 87.3 cm³/mol. The molecule has 1 aliphatic rings. The van der Waals surface area contributed by atoms with Gasteiger partial charge in [-0.2, -0.15) is 0 Å². The van der Waals surface area contributed by atoms with Gasteiger partial charge in [0.1, 0.15) is 22.6 Å². The summed E-state index contributed by atoms with van der Waals surface area (Å²) in [6, 6.07) is 8.51. The van der Waals surface area contributed by atoms with Gasteiger partial charge in [0.15, 0.2) is 9.84 Å². The topological polar surface area (TPSA) is 97.4 Å². The maximum atomic E-state index is 13.4. The second-order valence-electron chi connectivity index (χ2n) is 5.46. The van der Waals surface area contributed by atoms with Gasteiger partial charge in [-0.1, -0.05) is 12.1 Å². The summed E-state index contributed by atoms with van der Waals surface area (Å²) < 4.78 is 43.5. The summed E-state index contributed by atoms with van der Waals surface area (Å²) in [5.41, 5.74) is 0.114. The van der Waals surface area contributed by atoms with E-state index >= 15 is 0 Å². The summed E-state index contributed by atoms with van der Waals surface area (Å²) in [5.74, 6) is -0.461. The number of hydrogen-bond donors (Lipinski definition) is 2. The van der Waals surface area contributed by atoms with Crippen LogP contribution in [0.4, 0.5) is 9.18 Å². The fourth-order valence-electron chi connectivity index (χ4n) is 2.43. The van der Waals surface area contributed by atoms with Gasteiger partial charge in [0.25, 0.3) is 0 Å². The first-order chi connectivity index (χ1) is 12.0. The molecule has 0 aliphatic carbocycles. The van der Waals surface area contributed by atoms with Crippen LogP contribution in [0.15, 0.2) is 47.5 Å². The minimum atomic E-state index is -3.46. The number of hydrogen-bond acceptors (Lipinski definition) is 5. The Labute approximate surface area is 144 Å². The normalized spacial score (nSPS) is 17.9. The van der Waals surface area contributed by atoms with E-state index < -0.39 is 27.8 Å². The van der Waals surface area contributed by atoms with Crippen LogP contribution in [-0.2, 0) is 16.4 Å². The first-order valence-corrected chi connectivity index (χ1v) is 9.20. The Morgan fingerprint density at radius 1 is 1.24 bits per heavy atom. The zero-order valence-corrected chi connectivity index (χ0v) is 13.9. The second-order valence-corrected chi connectivity index (χ2v) is 7.47. The number of rotatable bonds is 4. The van der Waals surface area contributed by atoms with Crippen molar-refractivity contribution in [1.29, 1.82) is 0 Å². The molecule has 2 heterocycles. The number of ether oxygens (including phenoxy) is 1. The molecular formula is C16H16FN3O4S. The first kappa shape index (κ1) is 17.2. The summed E-state index contributed by atoms with van der Waals surface area (Å²) in [5, 5.41) is 4.98. The molecule has 0 saturated heterocycles. The van der Waals surface area contributed by atoms with Crippen LogP contribution in [0.1, 0.15) is 5.69 Å². The number of aromatic nitrogens is 1. The van der Waals surface area contributed by atoms with E-state index in [1.807, 2.05) is 0 Å². The van der Waals surface area contributed by atoms with Gasteiger partial charge in [-0.3, -0.25) is 4.98 Å². The highest BCUT2D eigenvalue weighted by Gasteiger charge is 2.31. The lowest BCUT2D eigenvalue weighted by atomic mass is 10.3. The predicted octanol–water partition coefficient (Wildman–Crippen LogP) is 1.25. The van der Waals surface area contributed by atoms with E-state index in [4.69, 9.17) is 4.74 Å². The van der Waals surface area contributed by atoms with E-state index in [2.05, 4.69) is 15.6 Å². The van der Waals surface area contributed by atoms with E-state index in [0.29, 0.717) is 0 Å². The minimum Gasteiger partial charge on any atom is -0.486 e. The number of urea groups is 1. The molecule has 9 heteroatoms. The Morgan fingerprint density at radius 3 is 2.84 bits per heavy atom. The SMILES string of the molecule is O=C(NCc1ncccc1F)NCC1CS(=O)(=O)c2ccccc2O1. The molecule has 1 aromatic heterocycles. The number of sulfone groups is 1. The van der Waals surface area contributed by atoms with Crippen molar-refractivity contribution in [3.05, 3.63) is 54.1 Å². The van der Waals surface area contributed by atoms with Crippen LogP contribution in [0, 0.1) is 5.82 Å². The van der Waals surface area contributed by atoms with Gasteiger partial charge in [-0.25, -0.2) is 17.6 Å². The van der Waals surface area contributed by atoms with Gasteiger partial charge >= 0.3 is 6.03 Å². The Balaban J connectivity index is 1.54. The van der Waals surface area contributed by atoms with Crippen molar-refractivity contribution in [2.24, 2.45) is 0 Å². The molecule has 3 rings (SSSR count). The third-order valence-electron chi connectivity index (χ3n) is 3.62. The molecule has 1 unspecified atom stereocenters.